The predicted molar refractivity (Wildman–Crippen MR) is 74.6 cm³/mol. The van der Waals surface area contributed by atoms with Gasteiger partial charge in [0.25, 0.3) is 0 Å². The minimum atomic E-state index is -0.937. The Balaban J connectivity index is 2.50. The van der Waals surface area contributed by atoms with Crippen molar-refractivity contribution in [2.24, 2.45) is 5.92 Å². The summed E-state index contributed by atoms with van der Waals surface area (Å²) in [5.41, 5.74) is 0.622. The first-order valence-corrected chi connectivity index (χ1v) is 7.14. The minimum absolute atomic E-state index is 0.0880. The molecule has 4 nitrogen and oxygen atoms in total. The van der Waals surface area contributed by atoms with Gasteiger partial charge in [-0.25, -0.2) is 4.39 Å². The number of carboxylic acid groups (broad SMARTS) is 1. The number of amides is 1. The van der Waals surface area contributed by atoms with Crippen molar-refractivity contribution in [1.82, 2.24) is 4.90 Å². The third-order valence-electron chi connectivity index (χ3n) is 3.70. The molecule has 108 valence electrons. The molecule has 1 fully saturated rings. The molecule has 0 saturated carbocycles. The zero-order valence-electron chi connectivity index (χ0n) is 11.0. The van der Waals surface area contributed by atoms with Crippen molar-refractivity contribution in [2.75, 3.05) is 7.05 Å². The van der Waals surface area contributed by atoms with Crippen LogP contribution < -0.4 is 0 Å². The Bertz CT molecular complexity index is 549. The Morgan fingerprint density at radius 3 is 2.80 bits per heavy atom. The monoisotopic (exact) mass is 343 g/mol. The lowest BCUT2D eigenvalue weighted by molar-refractivity contribution is -0.145. The largest absolute Gasteiger partial charge is 0.481 e. The molecular formula is C14H15BrFNO3. The van der Waals surface area contributed by atoms with Crippen molar-refractivity contribution >= 4 is 27.8 Å². The van der Waals surface area contributed by atoms with Crippen molar-refractivity contribution in [1.29, 1.82) is 0 Å². The van der Waals surface area contributed by atoms with Crippen LogP contribution in [0.15, 0.2) is 22.7 Å². The van der Waals surface area contributed by atoms with E-state index in [0.717, 1.165) is 0 Å². The maximum absolute atomic E-state index is 13.2. The van der Waals surface area contributed by atoms with Gasteiger partial charge in [0, 0.05) is 17.9 Å². The zero-order valence-corrected chi connectivity index (χ0v) is 12.6. The van der Waals surface area contributed by atoms with Gasteiger partial charge in [-0.2, -0.15) is 0 Å². The summed E-state index contributed by atoms with van der Waals surface area (Å²) in [5, 5.41) is 9.42. The molecular weight excluding hydrogens is 329 g/mol. The molecule has 1 N–H and O–H groups in total. The number of rotatable bonds is 2. The highest BCUT2D eigenvalue weighted by Gasteiger charge is 2.37. The van der Waals surface area contributed by atoms with E-state index in [2.05, 4.69) is 15.9 Å². The zero-order chi connectivity index (χ0) is 14.9. The van der Waals surface area contributed by atoms with Gasteiger partial charge in [-0.05, 0) is 30.5 Å². The summed E-state index contributed by atoms with van der Waals surface area (Å²) in [6.07, 6.45) is 1.32. The van der Waals surface area contributed by atoms with Crippen molar-refractivity contribution in [3.63, 3.8) is 0 Å². The summed E-state index contributed by atoms with van der Waals surface area (Å²) < 4.78 is 13.7. The molecule has 1 aromatic rings. The number of carbonyl (C=O) groups is 2. The first-order chi connectivity index (χ1) is 9.41. The second-order valence-electron chi connectivity index (χ2n) is 4.95. The smallest absolute Gasteiger partial charge is 0.308 e. The molecule has 2 unspecified atom stereocenters. The van der Waals surface area contributed by atoms with Gasteiger partial charge in [0.1, 0.15) is 5.82 Å². The highest BCUT2D eigenvalue weighted by atomic mass is 79.9. The minimum Gasteiger partial charge on any atom is -0.481 e. The lowest BCUT2D eigenvalue weighted by Crippen LogP contribution is -2.36. The van der Waals surface area contributed by atoms with Crippen LogP contribution in [0.2, 0.25) is 0 Å². The molecule has 1 aromatic carbocycles. The van der Waals surface area contributed by atoms with Crippen LogP contribution in [0.4, 0.5) is 4.39 Å². The summed E-state index contributed by atoms with van der Waals surface area (Å²) in [7, 11) is 1.60. The van der Waals surface area contributed by atoms with Gasteiger partial charge in [0.05, 0.1) is 12.0 Å². The predicted octanol–water partition coefficient (Wildman–Crippen LogP) is 2.97. The summed E-state index contributed by atoms with van der Waals surface area (Å²) >= 11 is 3.26. The standard InChI is InChI=1S/C14H15BrFNO3/c1-17-12(18)4-2-3-10(14(19)20)13(17)9-6-5-8(16)7-11(9)15/h5-7,10,13H,2-4H2,1H3,(H,19,20). The highest BCUT2D eigenvalue weighted by Crippen LogP contribution is 2.38. The average Bonchev–Trinajstić information content (AvgIpc) is 2.51. The molecule has 20 heavy (non-hydrogen) atoms. The molecule has 0 aromatic heterocycles. The van der Waals surface area contributed by atoms with Gasteiger partial charge < -0.3 is 10.0 Å². The second kappa shape index (κ2) is 5.91. The molecule has 0 bridgehead atoms. The van der Waals surface area contributed by atoms with Crippen LogP contribution in [-0.4, -0.2) is 28.9 Å². The van der Waals surface area contributed by atoms with Gasteiger partial charge in [-0.1, -0.05) is 22.0 Å². The van der Waals surface area contributed by atoms with E-state index in [1.165, 1.54) is 23.1 Å². The number of hydrogen-bond acceptors (Lipinski definition) is 2. The van der Waals surface area contributed by atoms with Gasteiger partial charge in [-0.3, -0.25) is 9.59 Å². The van der Waals surface area contributed by atoms with E-state index in [0.29, 0.717) is 29.3 Å². The molecule has 6 heteroatoms. The second-order valence-corrected chi connectivity index (χ2v) is 5.81. The van der Waals surface area contributed by atoms with Crippen LogP contribution in [-0.2, 0) is 9.59 Å². The van der Waals surface area contributed by atoms with Crippen molar-refractivity contribution in [3.8, 4) is 0 Å². The summed E-state index contributed by atoms with van der Waals surface area (Å²) in [6.45, 7) is 0. The van der Waals surface area contributed by atoms with Crippen LogP contribution >= 0.6 is 15.9 Å². The number of carbonyl (C=O) groups excluding carboxylic acids is 1. The Morgan fingerprint density at radius 2 is 2.20 bits per heavy atom. The molecule has 0 radical (unpaired) electrons. The third-order valence-corrected chi connectivity index (χ3v) is 4.38. The number of nitrogens with zero attached hydrogens (tertiary/aromatic N) is 1. The van der Waals surface area contributed by atoms with Crippen molar-refractivity contribution < 1.29 is 19.1 Å². The van der Waals surface area contributed by atoms with E-state index in [1.54, 1.807) is 7.05 Å². The van der Waals surface area contributed by atoms with E-state index in [9.17, 15) is 19.1 Å². The summed E-state index contributed by atoms with van der Waals surface area (Å²) in [5.74, 6) is -2.12. The van der Waals surface area contributed by atoms with Crippen molar-refractivity contribution in [2.45, 2.75) is 25.3 Å². The van der Waals surface area contributed by atoms with Crippen LogP contribution in [0.5, 0.6) is 0 Å². The van der Waals surface area contributed by atoms with Gasteiger partial charge in [0.15, 0.2) is 0 Å². The van der Waals surface area contributed by atoms with Gasteiger partial charge in [-0.15, -0.1) is 0 Å². The van der Waals surface area contributed by atoms with Gasteiger partial charge in [0.2, 0.25) is 5.91 Å². The first-order valence-electron chi connectivity index (χ1n) is 6.35. The number of likely N-dealkylation sites (tertiary alicyclic amines) is 1. The topological polar surface area (TPSA) is 57.6 Å². The number of carboxylic acids is 1. The molecule has 2 atom stereocenters. The van der Waals surface area contributed by atoms with E-state index < -0.39 is 23.7 Å². The van der Waals surface area contributed by atoms with E-state index in [4.69, 9.17) is 0 Å². The molecule has 1 amide bonds. The normalized spacial score (nSPS) is 23.6. The molecule has 1 aliphatic rings. The van der Waals surface area contributed by atoms with Crippen molar-refractivity contribution in [3.05, 3.63) is 34.1 Å². The fourth-order valence-corrected chi connectivity index (χ4v) is 3.24. The Kier molecular flexibility index (Phi) is 4.42. The third kappa shape index (κ3) is 2.85. The van der Waals surface area contributed by atoms with Crippen LogP contribution in [0, 0.1) is 11.7 Å². The molecule has 1 heterocycles. The Labute approximate surface area is 124 Å². The van der Waals surface area contributed by atoms with E-state index in [-0.39, 0.29) is 5.91 Å². The number of benzene rings is 1. The Morgan fingerprint density at radius 1 is 1.50 bits per heavy atom. The summed E-state index contributed by atoms with van der Waals surface area (Å²) in [6, 6.07) is 3.52. The number of hydrogen-bond donors (Lipinski definition) is 1. The van der Waals surface area contributed by atoms with Gasteiger partial charge >= 0.3 is 5.97 Å². The van der Waals surface area contributed by atoms with Crippen LogP contribution in [0.25, 0.3) is 0 Å². The first kappa shape index (κ1) is 15.0. The maximum atomic E-state index is 13.2. The summed E-state index contributed by atoms with van der Waals surface area (Å²) in [4.78, 5) is 24.9. The molecule has 1 saturated heterocycles. The number of halogens is 2. The fourth-order valence-electron chi connectivity index (χ4n) is 2.66. The lowest BCUT2D eigenvalue weighted by Gasteiger charge is -2.31. The quantitative estimate of drug-likeness (QED) is 0.897. The average molecular weight is 344 g/mol. The molecule has 0 spiro atoms. The lowest BCUT2D eigenvalue weighted by atomic mass is 9.89. The fraction of sp³-hybridized carbons (Fsp3) is 0.429. The highest BCUT2D eigenvalue weighted by molar-refractivity contribution is 9.10. The maximum Gasteiger partial charge on any atom is 0.308 e. The SMILES string of the molecule is CN1C(=O)CCCC(C(=O)O)C1c1ccc(F)cc1Br. The van der Waals surface area contributed by atoms with E-state index in [1.807, 2.05) is 0 Å². The van der Waals surface area contributed by atoms with Crippen LogP contribution in [0.1, 0.15) is 30.9 Å². The van der Waals surface area contributed by atoms with Crippen LogP contribution in [0.3, 0.4) is 0 Å². The molecule has 1 aliphatic heterocycles. The number of aliphatic carboxylic acids is 1. The molecule has 0 aliphatic carbocycles. The van der Waals surface area contributed by atoms with E-state index >= 15 is 0 Å². The Hall–Kier alpha value is -1.43. The molecule has 2 rings (SSSR count).